The lowest BCUT2D eigenvalue weighted by atomic mass is 10.1. The number of furan rings is 1. The Bertz CT molecular complexity index is 672. The highest BCUT2D eigenvalue weighted by Gasteiger charge is 2.24. The van der Waals surface area contributed by atoms with Crippen LogP contribution in [0.25, 0.3) is 11.6 Å². The number of hydrogen-bond acceptors (Lipinski definition) is 5. The first-order chi connectivity index (χ1) is 11.7. The second-order valence-electron chi connectivity index (χ2n) is 6.08. The van der Waals surface area contributed by atoms with E-state index in [4.69, 9.17) is 4.42 Å². The molecule has 25 heavy (non-hydrogen) atoms. The van der Waals surface area contributed by atoms with E-state index in [-0.39, 0.29) is 24.0 Å². The Kier molecular flexibility index (Phi) is 7.60. The molecule has 3 rings (SSSR count). The van der Waals surface area contributed by atoms with E-state index >= 15 is 0 Å². The molecule has 0 aromatic carbocycles. The topological polar surface area (TPSA) is 82.3 Å². The van der Waals surface area contributed by atoms with Gasteiger partial charge < -0.3 is 14.6 Å². The molecule has 1 aliphatic heterocycles. The fourth-order valence-electron chi connectivity index (χ4n) is 2.66. The van der Waals surface area contributed by atoms with Gasteiger partial charge in [0, 0.05) is 31.1 Å². The highest BCUT2D eigenvalue weighted by atomic mass is 127. The van der Waals surface area contributed by atoms with Gasteiger partial charge in [0.1, 0.15) is 5.82 Å². The Balaban J connectivity index is 0.00000225. The zero-order valence-corrected chi connectivity index (χ0v) is 17.9. The quantitative estimate of drug-likeness (QED) is 0.401. The lowest BCUT2D eigenvalue weighted by Gasteiger charge is -2.36. The van der Waals surface area contributed by atoms with E-state index in [1.807, 2.05) is 19.2 Å². The van der Waals surface area contributed by atoms with Crippen molar-refractivity contribution >= 4 is 41.7 Å². The van der Waals surface area contributed by atoms with E-state index in [9.17, 15) is 0 Å². The highest BCUT2D eigenvalue weighted by Crippen LogP contribution is 2.24. The summed E-state index contributed by atoms with van der Waals surface area (Å²) in [7, 11) is 1.82. The fraction of sp³-hybridized carbons (Fsp3) is 0.562. The molecule has 0 amide bonds. The molecule has 0 spiro atoms. The summed E-state index contributed by atoms with van der Waals surface area (Å²) in [5.41, 5.74) is 0. The van der Waals surface area contributed by atoms with Crippen LogP contribution < -0.4 is 5.32 Å². The van der Waals surface area contributed by atoms with Crippen LogP contribution >= 0.6 is 35.7 Å². The van der Waals surface area contributed by atoms with Crippen molar-refractivity contribution in [2.75, 3.05) is 25.9 Å². The summed E-state index contributed by atoms with van der Waals surface area (Å²) in [6.45, 7) is 7.15. The molecule has 138 valence electrons. The van der Waals surface area contributed by atoms with Gasteiger partial charge >= 0.3 is 0 Å². The second-order valence-corrected chi connectivity index (χ2v) is 7.43. The maximum absolute atomic E-state index is 5.31. The summed E-state index contributed by atoms with van der Waals surface area (Å²) < 4.78 is 5.31. The number of aromatic amines is 1. The molecule has 2 aromatic heterocycles. The molecular formula is C16H25IN6OS. The third-order valence-electron chi connectivity index (χ3n) is 4.04. The van der Waals surface area contributed by atoms with Crippen molar-refractivity contribution in [3.63, 3.8) is 0 Å². The van der Waals surface area contributed by atoms with Crippen LogP contribution in [0.5, 0.6) is 0 Å². The molecule has 2 aromatic rings. The predicted molar refractivity (Wildman–Crippen MR) is 112 cm³/mol. The third kappa shape index (κ3) is 5.13. The van der Waals surface area contributed by atoms with Crippen molar-refractivity contribution in [1.82, 2.24) is 25.4 Å². The van der Waals surface area contributed by atoms with Gasteiger partial charge in [0.15, 0.2) is 11.7 Å². The van der Waals surface area contributed by atoms with Gasteiger partial charge in [0.2, 0.25) is 5.82 Å². The minimum atomic E-state index is 0. The number of rotatable bonds is 4. The monoisotopic (exact) mass is 476 g/mol. The van der Waals surface area contributed by atoms with Crippen LogP contribution in [0, 0.1) is 5.92 Å². The van der Waals surface area contributed by atoms with Crippen LogP contribution in [-0.2, 0) is 6.54 Å². The van der Waals surface area contributed by atoms with Crippen LogP contribution in [0.2, 0.25) is 0 Å². The first kappa shape index (κ1) is 20.1. The molecule has 1 atom stereocenters. The van der Waals surface area contributed by atoms with E-state index in [2.05, 4.69) is 56.0 Å². The second kappa shape index (κ2) is 9.46. The highest BCUT2D eigenvalue weighted by molar-refractivity contribution is 14.0. The van der Waals surface area contributed by atoms with E-state index < -0.39 is 0 Å². The number of halogens is 1. The van der Waals surface area contributed by atoms with Crippen molar-refractivity contribution < 1.29 is 4.42 Å². The molecule has 1 fully saturated rings. The number of aliphatic imine (C=N–C) groups is 1. The summed E-state index contributed by atoms with van der Waals surface area (Å²) in [4.78, 5) is 11.2. The average Bonchev–Trinajstić information content (AvgIpc) is 3.27. The molecule has 1 aliphatic rings. The van der Waals surface area contributed by atoms with E-state index in [0.717, 1.165) is 30.6 Å². The predicted octanol–water partition coefficient (Wildman–Crippen LogP) is 2.83. The largest absolute Gasteiger partial charge is 0.461 e. The maximum atomic E-state index is 5.31. The van der Waals surface area contributed by atoms with Gasteiger partial charge in [0.05, 0.1) is 12.8 Å². The molecule has 2 N–H and O–H groups in total. The number of hydrogen-bond donors (Lipinski definition) is 2. The lowest BCUT2D eigenvalue weighted by molar-refractivity contribution is 0.380. The van der Waals surface area contributed by atoms with Crippen LogP contribution in [0.1, 0.15) is 19.7 Å². The van der Waals surface area contributed by atoms with Crippen molar-refractivity contribution in [2.24, 2.45) is 10.9 Å². The zero-order chi connectivity index (χ0) is 16.9. The van der Waals surface area contributed by atoms with Crippen LogP contribution in [0.3, 0.4) is 0 Å². The smallest absolute Gasteiger partial charge is 0.216 e. The summed E-state index contributed by atoms with van der Waals surface area (Å²) in [5, 5.41) is 11.1. The summed E-state index contributed by atoms with van der Waals surface area (Å²) in [6.07, 6.45) is 1.62. The number of thioether (sulfide) groups is 1. The van der Waals surface area contributed by atoms with Crippen LogP contribution in [0.15, 0.2) is 27.8 Å². The standard InChI is InChI=1S/C16H24N6OS.HI/c1-11(2)13-10-22(6-8-24-13)16(17-3)18-9-14-19-15(21-20-14)12-5-4-7-23-12;/h4-5,7,11,13H,6,8-10H2,1-3H3,(H,17,18)(H,19,20,21);1H. The first-order valence-corrected chi connectivity index (χ1v) is 9.24. The van der Waals surface area contributed by atoms with Gasteiger partial charge in [-0.2, -0.15) is 11.8 Å². The third-order valence-corrected chi connectivity index (χ3v) is 5.58. The van der Waals surface area contributed by atoms with Gasteiger partial charge in [-0.15, -0.1) is 29.1 Å². The Hall–Kier alpha value is -1.23. The number of nitrogens with zero attached hydrogens (tertiary/aromatic N) is 4. The average molecular weight is 476 g/mol. The maximum Gasteiger partial charge on any atom is 0.216 e. The van der Waals surface area contributed by atoms with Crippen molar-refractivity contribution in [3.8, 4) is 11.6 Å². The van der Waals surface area contributed by atoms with Crippen molar-refractivity contribution in [3.05, 3.63) is 24.2 Å². The molecule has 0 saturated carbocycles. The van der Waals surface area contributed by atoms with E-state index in [1.165, 1.54) is 0 Å². The molecular weight excluding hydrogens is 451 g/mol. The molecule has 0 bridgehead atoms. The van der Waals surface area contributed by atoms with Crippen LogP contribution in [0.4, 0.5) is 0 Å². The molecule has 1 saturated heterocycles. The molecule has 0 aliphatic carbocycles. The molecule has 7 nitrogen and oxygen atoms in total. The Morgan fingerprint density at radius 3 is 3.08 bits per heavy atom. The number of aromatic nitrogens is 3. The Morgan fingerprint density at radius 2 is 2.40 bits per heavy atom. The van der Waals surface area contributed by atoms with E-state index in [0.29, 0.717) is 29.3 Å². The number of nitrogens with one attached hydrogen (secondary N) is 2. The van der Waals surface area contributed by atoms with Gasteiger partial charge in [-0.3, -0.25) is 10.1 Å². The minimum Gasteiger partial charge on any atom is -0.461 e. The molecule has 0 radical (unpaired) electrons. The normalized spacial score (nSPS) is 18.3. The zero-order valence-electron chi connectivity index (χ0n) is 14.7. The summed E-state index contributed by atoms with van der Waals surface area (Å²) >= 11 is 2.06. The van der Waals surface area contributed by atoms with Gasteiger partial charge in [-0.25, -0.2) is 4.98 Å². The number of guanidine groups is 1. The number of H-pyrrole nitrogens is 1. The summed E-state index contributed by atoms with van der Waals surface area (Å²) in [6, 6.07) is 3.67. The Labute approximate surface area is 169 Å². The van der Waals surface area contributed by atoms with E-state index in [1.54, 1.807) is 6.26 Å². The minimum absolute atomic E-state index is 0. The van der Waals surface area contributed by atoms with Crippen LogP contribution in [-0.4, -0.2) is 57.2 Å². The summed E-state index contributed by atoms with van der Waals surface area (Å²) in [5.74, 6) is 4.71. The molecule has 1 unspecified atom stereocenters. The first-order valence-electron chi connectivity index (χ1n) is 8.19. The SMILES string of the molecule is CN=C(NCc1nc(-c2ccco2)n[nH]1)N1CCSC(C(C)C)C1.I. The van der Waals surface area contributed by atoms with Gasteiger partial charge in [-0.05, 0) is 18.1 Å². The Morgan fingerprint density at radius 1 is 1.56 bits per heavy atom. The molecule has 3 heterocycles. The lowest BCUT2D eigenvalue weighted by Crippen LogP contribution is -2.48. The van der Waals surface area contributed by atoms with Gasteiger partial charge in [-0.1, -0.05) is 13.8 Å². The van der Waals surface area contributed by atoms with Gasteiger partial charge in [0.25, 0.3) is 0 Å². The molecule has 9 heteroatoms. The van der Waals surface area contributed by atoms with Crippen molar-refractivity contribution in [1.29, 1.82) is 0 Å². The van der Waals surface area contributed by atoms with Crippen molar-refractivity contribution in [2.45, 2.75) is 25.6 Å². The fourth-order valence-corrected chi connectivity index (χ4v) is 3.96.